The summed E-state index contributed by atoms with van der Waals surface area (Å²) in [6.07, 6.45) is 1.56. The van der Waals surface area contributed by atoms with Crippen molar-refractivity contribution in [2.75, 3.05) is 6.61 Å². The van der Waals surface area contributed by atoms with Crippen LogP contribution in [0.25, 0.3) is 6.08 Å². The number of benzene rings is 3. The Balaban J connectivity index is 1.57. The van der Waals surface area contributed by atoms with Crippen molar-refractivity contribution in [1.29, 1.82) is 0 Å². The Kier molecular flexibility index (Phi) is 6.52. The Labute approximate surface area is 189 Å². The second-order valence-corrected chi connectivity index (χ2v) is 7.31. The highest BCUT2D eigenvalue weighted by Gasteiger charge is 2.26. The van der Waals surface area contributed by atoms with Crippen LogP contribution in [0.4, 0.5) is 4.39 Å². The second kappa shape index (κ2) is 9.66. The molecule has 5 nitrogen and oxygen atoms in total. The molecule has 0 N–H and O–H groups in total. The average molecular weight is 452 g/mol. The maximum Gasteiger partial charge on any atom is 0.363 e. The van der Waals surface area contributed by atoms with Gasteiger partial charge in [0.05, 0.1) is 12.2 Å². The number of hydrogen-bond acceptors (Lipinski definition) is 5. The molecule has 0 aliphatic carbocycles. The molecule has 3 aromatic rings. The van der Waals surface area contributed by atoms with Crippen LogP contribution in [-0.4, -0.2) is 18.5 Å². The van der Waals surface area contributed by atoms with Gasteiger partial charge < -0.3 is 14.2 Å². The van der Waals surface area contributed by atoms with E-state index in [2.05, 4.69) is 4.99 Å². The number of carbonyl (C=O) groups excluding carboxylic acids is 1. The molecule has 0 unspecified atom stereocenters. The van der Waals surface area contributed by atoms with Gasteiger partial charge in [0.1, 0.15) is 12.4 Å². The van der Waals surface area contributed by atoms with Gasteiger partial charge in [-0.25, -0.2) is 14.2 Å². The number of carbonyl (C=O) groups is 1. The molecule has 1 aliphatic rings. The Bertz CT molecular complexity index is 1220. The minimum atomic E-state index is -0.650. The van der Waals surface area contributed by atoms with E-state index < -0.39 is 11.8 Å². The first-order valence-electron chi connectivity index (χ1n) is 9.95. The summed E-state index contributed by atoms with van der Waals surface area (Å²) >= 11 is 6.02. The van der Waals surface area contributed by atoms with Crippen LogP contribution < -0.4 is 9.47 Å². The first-order valence-corrected chi connectivity index (χ1v) is 10.3. The van der Waals surface area contributed by atoms with Crippen LogP contribution in [0, 0.1) is 5.82 Å². The van der Waals surface area contributed by atoms with Crippen molar-refractivity contribution >= 4 is 29.5 Å². The summed E-state index contributed by atoms with van der Waals surface area (Å²) in [5, 5.41) is 0.636. The molecule has 1 aliphatic heterocycles. The molecule has 0 spiro atoms. The van der Waals surface area contributed by atoms with Crippen molar-refractivity contribution in [3.8, 4) is 11.5 Å². The van der Waals surface area contributed by atoms with Crippen LogP contribution in [-0.2, 0) is 16.1 Å². The van der Waals surface area contributed by atoms with E-state index in [1.807, 2.05) is 25.1 Å². The molecule has 0 atom stereocenters. The highest BCUT2D eigenvalue weighted by atomic mass is 35.5. The third kappa shape index (κ3) is 4.98. The normalized spacial score (nSPS) is 14.3. The molecular formula is C25H19ClFNO4. The number of cyclic esters (lactones) is 1. The van der Waals surface area contributed by atoms with Gasteiger partial charge in [-0.2, -0.15) is 0 Å². The Morgan fingerprint density at radius 1 is 1.03 bits per heavy atom. The fourth-order valence-electron chi connectivity index (χ4n) is 3.11. The predicted molar refractivity (Wildman–Crippen MR) is 120 cm³/mol. The standard InChI is InChI=1S/C25H19ClFNO4/c1-2-30-23-14-16(10-11-22(23)31-15-17-6-5-7-18(26)12-17)13-21-25(29)32-24(28-21)19-8-3-4-9-20(19)27/h3-14H,2,15H2,1H3/b21-13-. The maximum absolute atomic E-state index is 14.0. The SMILES string of the molecule is CCOc1cc(/C=C2\N=C(c3ccccc3F)OC2=O)ccc1OCc1cccc(Cl)c1. The summed E-state index contributed by atoms with van der Waals surface area (Å²) in [5.41, 5.74) is 1.78. The molecule has 3 aromatic carbocycles. The highest BCUT2D eigenvalue weighted by Crippen LogP contribution is 2.31. The van der Waals surface area contributed by atoms with E-state index in [4.69, 9.17) is 25.8 Å². The van der Waals surface area contributed by atoms with E-state index in [0.717, 1.165) is 5.56 Å². The molecule has 32 heavy (non-hydrogen) atoms. The van der Waals surface area contributed by atoms with Crippen molar-refractivity contribution in [3.63, 3.8) is 0 Å². The minimum Gasteiger partial charge on any atom is -0.490 e. The molecule has 162 valence electrons. The van der Waals surface area contributed by atoms with E-state index in [1.165, 1.54) is 12.1 Å². The van der Waals surface area contributed by atoms with Crippen molar-refractivity contribution in [3.05, 3.63) is 100.0 Å². The zero-order valence-electron chi connectivity index (χ0n) is 17.2. The number of ether oxygens (including phenoxy) is 3. The van der Waals surface area contributed by atoms with Crippen LogP contribution in [0.1, 0.15) is 23.6 Å². The summed E-state index contributed by atoms with van der Waals surface area (Å²) in [6, 6.07) is 18.7. The molecule has 4 rings (SSSR count). The van der Waals surface area contributed by atoms with Gasteiger partial charge >= 0.3 is 5.97 Å². The molecule has 1 heterocycles. The van der Waals surface area contributed by atoms with Crippen LogP contribution in [0.5, 0.6) is 11.5 Å². The Morgan fingerprint density at radius 2 is 1.88 bits per heavy atom. The van der Waals surface area contributed by atoms with Crippen molar-refractivity contribution in [1.82, 2.24) is 0 Å². The molecule has 0 radical (unpaired) electrons. The molecule has 0 aromatic heterocycles. The van der Waals surface area contributed by atoms with Gasteiger partial charge in [-0.15, -0.1) is 0 Å². The Hall–Kier alpha value is -3.64. The van der Waals surface area contributed by atoms with Crippen LogP contribution in [0.15, 0.2) is 77.4 Å². The van der Waals surface area contributed by atoms with Gasteiger partial charge in [-0.3, -0.25) is 0 Å². The molecule has 0 saturated carbocycles. The van der Waals surface area contributed by atoms with E-state index in [1.54, 1.807) is 42.5 Å². The molecular weight excluding hydrogens is 433 g/mol. The fraction of sp³-hybridized carbons (Fsp3) is 0.120. The van der Waals surface area contributed by atoms with Gasteiger partial charge in [0.2, 0.25) is 5.90 Å². The first kappa shape index (κ1) is 21.6. The number of hydrogen-bond donors (Lipinski definition) is 0. The van der Waals surface area contributed by atoms with Gasteiger partial charge in [0, 0.05) is 5.02 Å². The summed E-state index contributed by atoms with van der Waals surface area (Å²) in [5.74, 6) is -0.152. The third-order valence-electron chi connectivity index (χ3n) is 4.58. The van der Waals surface area contributed by atoms with Crippen molar-refractivity contribution in [2.24, 2.45) is 4.99 Å². The lowest BCUT2D eigenvalue weighted by Crippen LogP contribution is -2.07. The molecule has 0 bridgehead atoms. The average Bonchev–Trinajstić information content (AvgIpc) is 3.13. The topological polar surface area (TPSA) is 57.1 Å². The number of halogens is 2. The van der Waals surface area contributed by atoms with E-state index in [9.17, 15) is 9.18 Å². The zero-order chi connectivity index (χ0) is 22.5. The lowest BCUT2D eigenvalue weighted by atomic mass is 10.1. The van der Waals surface area contributed by atoms with Crippen molar-refractivity contribution < 1.29 is 23.4 Å². The number of aliphatic imine (C=N–C) groups is 1. The number of nitrogens with zero attached hydrogens (tertiary/aromatic N) is 1. The first-order chi connectivity index (χ1) is 15.5. The third-order valence-corrected chi connectivity index (χ3v) is 4.81. The summed E-state index contributed by atoms with van der Waals surface area (Å²) in [6.45, 7) is 2.63. The predicted octanol–water partition coefficient (Wildman–Crippen LogP) is 5.80. The van der Waals surface area contributed by atoms with Crippen LogP contribution in [0.2, 0.25) is 5.02 Å². The van der Waals surface area contributed by atoms with E-state index in [0.29, 0.717) is 35.3 Å². The van der Waals surface area contributed by atoms with Gasteiger partial charge in [-0.1, -0.05) is 41.9 Å². The summed E-state index contributed by atoms with van der Waals surface area (Å²) in [7, 11) is 0. The summed E-state index contributed by atoms with van der Waals surface area (Å²) < 4.78 is 30.7. The quantitative estimate of drug-likeness (QED) is 0.336. The van der Waals surface area contributed by atoms with Crippen molar-refractivity contribution in [2.45, 2.75) is 13.5 Å². The lowest BCUT2D eigenvalue weighted by molar-refractivity contribution is -0.129. The number of esters is 1. The van der Waals surface area contributed by atoms with E-state index in [-0.39, 0.29) is 17.2 Å². The van der Waals surface area contributed by atoms with Gasteiger partial charge in [0.15, 0.2) is 17.2 Å². The highest BCUT2D eigenvalue weighted by molar-refractivity contribution is 6.30. The van der Waals surface area contributed by atoms with E-state index >= 15 is 0 Å². The van der Waals surface area contributed by atoms with Crippen LogP contribution >= 0.6 is 11.6 Å². The second-order valence-electron chi connectivity index (χ2n) is 6.87. The summed E-state index contributed by atoms with van der Waals surface area (Å²) in [4.78, 5) is 16.4. The molecule has 0 fully saturated rings. The molecule has 7 heteroatoms. The molecule has 0 amide bonds. The number of rotatable bonds is 7. The maximum atomic E-state index is 14.0. The largest absolute Gasteiger partial charge is 0.490 e. The smallest absolute Gasteiger partial charge is 0.363 e. The fourth-order valence-corrected chi connectivity index (χ4v) is 3.32. The lowest BCUT2D eigenvalue weighted by Gasteiger charge is -2.13. The zero-order valence-corrected chi connectivity index (χ0v) is 17.9. The molecule has 0 saturated heterocycles. The minimum absolute atomic E-state index is 0.0640. The van der Waals surface area contributed by atoms with Gasteiger partial charge in [0.25, 0.3) is 0 Å². The monoisotopic (exact) mass is 451 g/mol. The Morgan fingerprint density at radius 3 is 2.66 bits per heavy atom. The van der Waals surface area contributed by atoms with Gasteiger partial charge in [-0.05, 0) is 60.5 Å². The van der Waals surface area contributed by atoms with Crippen LogP contribution in [0.3, 0.4) is 0 Å².